The molecule has 6 heteroatoms. The molecule has 1 N–H and O–H groups in total. The van der Waals surface area contributed by atoms with Crippen LogP contribution in [-0.4, -0.2) is 50.9 Å². The van der Waals surface area contributed by atoms with E-state index >= 15 is 0 Å². The standard InChI is InChI=1S/C17H27N3O2S/c1-20(2)16(18-13-15-9-5-4-6-10-15)19-14-17(23(3,21)22)11-7-8-12-17/h4-6,9-10H,7-8,11-14H2,1-3H3,(H,18,19). The van der Waals surface area contributed by atoms with Crippen molar-refractivity contribution < 1.29 is 8.42 Å². The van der Waals surface area contributed by atoms with Gasteiger partial charge in [0.25, 0.3) is 0 Å². The second kappa shape index (κ2) is 7.34. The summed E-state index contributed by atoms with van der Waals surface area (Å²) in [7, 11) is 0.742. The van der Waals surface area contributed by atoms with Gasteiger partial charge in [-0.3, -0.25) is 0 Å². The summed E-state index contributed by atoms with van der Waals surface area (Å²) in [5, 5.41) is 3.28. The first-order chi connectivity index (χ1) is 10.8. The van der Waals surface area contributed by atoms with Crippen molar-refractivity contribution in [1.82, 2.24) is 10.2 Å². The summed E-state index contributed by atoms with van der Waals surface area (Å²) in [4.78, 5) is 6.50. The van der Waals surface area contributed by atoms with E-state index in [0.717, 1.165) is 37.2 Å². The van der Waals surface area contributed by atoms with Crippen molar-refractivity contribution in [3.05, 3.63) is 35.9 Å². The highest BCUT2D eigenvalue weighted by Gasteiger charge is 2.43. The lowest BCUT2D eigenvalue weighted by Gasteiger charge is -2.29. The van der Waals surface area contributed by atoms with Gasteiger partial charge in [-0.15, -0.1) is 0 Å². The smallest absolute Gasteiger partial charge is 0.193 e. The van der Waals surface area contributed by atoms with Gasteiger partial charge in [0.15, 0.2) is 15.8 Å². The van der Waals surface area contributed by atoms with Gasteiger partial charge in [0.1, 0.15) is 0 Å². The van der Waals surface area contributed by atoms with Crippen molar-refractivity contribution >= 4 is 15.8 Å². The molecule has 1 aliphatic rings. The Morgan fingerprint density at radius 3 is 2.35 bits per heavy atom. The van der Waals surface area contributed by atoms with Gasteiger partial charge in [0, 0.05) is 26.9 Å². The predicted molar refractivity (Wildman–Crippen MR) is 95.3 cm³/mol. The summed E-state index contributed by atoms with van der Waals surface area (Å²) in [6, 6.07) is 10.0. The van der Waals surface area contributed by atoms with Crippen molar-refractivity contribution in [2.24, 2.45) is 4.99 Å². The number of sulfone groups is 1. The largest absolute Gasteiger partial charge is 0.355 e. The molecule has 5 nitrogen and oxygen atoms in total. The van der Waals surface area contributed by atoms with Crippen molar-refractivity contribution in [1.29, 1.82) is 0 Å². The van der Waals surface area contributed by atoms with E-state index in [1.165, 1.54) is 6.26 Å². The molecule has 23 heavy (non-hydrogen) atoms. The van der Waals surface area contributed by atoms with Crippen LogP contribution in [0.2, 0.25) is 0 Å². The van der Waals surface area contributed by atoms with E-state index in [0.29, 0.717) is 13.1 Å². The van der Waals surface area contributed by atoms with E-state index in [4.69, 9.17) is 0 Å². The molecule has 0 unspecified atom stereocenters. The van der Waals surface area contributed by atoms with Crippen LogP contribution in [0.3, 0.4) is 0 Å². The Bertz CT molecular complexity index is 633. The van der Waals surface area contributed by atoms with E-state index < -0.39 is 14.6 Å². The molecule has 0 radical (unpaired) electrons. The number of nitrogens with one attached hydrogen (secondary N) is 1. The number of benzene rings is 1. The highest BCUT2D eigenvalue weighted by molar-refractivity contribution is 7.92. The van der Waals surface area contributed by atoms with Crippen LogP contribution < -0.4 is 5.32 Å². The van der Waals surface area contributed by atoms with Crippen LogP contribution in [-0.2, 0) is 16.4 Å². The zero-order valence-electron chi connectivity index (χ0n) is 14.2. The molecule has 1 aromatic carbocycles. The summed E-state index contributed by atoms with van der Waals surface area (Å²) in [6.07, 6.45) is 4.79. The van der Waals surface area contributed by atoms with E-state index in [-0.39, 0.29) is 0 Å². The highest BCUT2D eigenvalue weighted by atomic mass is 32.2. The molecule has 0 bridgehead atoms. The maximum Gasteiger partial charge on any atom is 0.193 e. The molecule has 0 amide bonds. The fraction of sp³-hybridized carbons (Fsp3) is 0.588. The minimum absolute atomic E-state index is 0.428. The summed E-state index contributed by atoms with van der Waals surface area (Å²) in [5.41, 5.74) is 1.13. The first-order valence-corrected chi connectivity index (χ1v) is 9.92. The van der Waals surface area contributed by atoms with Crippen LogP contribution in [0.5, 0.6) is 0 Å². The molecule has 2 rings (SSSR count). The van der Waals surface area contributed by atoms with Crippen LogP contribution >= 0.6 is 0 Å². The van der Waals surface area contributed by atoms with Gasteiger partial charge >= 0.3 is 0 Å². The lowest BCUT2D eigenvalue weighted by molar-refractivity contribution is 0.492. The van der Waals surface area contributed by atoms with E-state index in [1.54, 1.807) is 0 Å². The maximum absolute atomic E-state index is 12.2. The Morgan fingerprint density at radius 1 is 1.22 bits per heavy atom. The SMILES string of the molecule is CN(C)C(=NCc1ccccc1)NCC1(S(C)(=O)=O)CCCC1. The van der Waals surface area contributed by atoms with Gasteiger partial charge in [0.05, 0.1) is 11.3 Å². The van der Waals surface area contributed by atoms with Crippen molar-refractivity contribution in [2.45, 2.75) is 37.0 Å². The first-order valence-electron chi connectivity index (χ1n) is 8.03. The van der Waals surface area contributed by atoms with Gasteiger partial charge in [-0.1, -0.05) is 43.2 Å². The van der Waals surface area contributed by atoms with Crippen molar-refractivity contribution in [2.75, 3.05) is 26.9 Å². The molecule has 1 fully saturated rings. The van der Waals surface area contributed by atoms with Crippen LogP contribution in [0.1, 0.15) is 31.2 Å². The summed E-state index contributed by atoms with van der Waals surface area (Å²) in [5.74, 6) is 0.726. The third-order valence-electron chi connectivity index (χ3n) is 4.55. The van der Waals surface area contributed by atoms with Gasteiger partial charge in [-0.25, -0.2) is 13.4 Å². The third-order valence-corrected chi connectivity index (χ3v) is 6.67. The Kier molecular flexibility index (Phi) is 5.68. The number of hydrogen-bond acceptors (Lipinski definition) is 3. The predicted octanol–water partition coefficient (Wildman–Crippen LogP) is 2.05. The lowest BCUT2D eigenvalue weighted by Crippen LogP contribution is -2.49. The zero-order chi connectivity index (χ0) is 16.9. The van der Waals surface area contributed by atoms with Crippen molar-refractivity contribution in [3.8, 4) is 0 Å². The quantitative estimate of drug-likeness (QED) is 0.660. The minimum atomic E-state index is -3.09. The van der Waals surface area contributed by atoms with Crippen molar-refractivity contribution in [3.63, 3.8) is 0 Å². The molecule has 0 aromatic heterocycles. The lowest BCUT2D eigenvalue weighted by atomic mass is 10.1. The number of guanidine groups is 1. The Morgan fingerprint density at radius 2 is 1.83 bits per heavy atom. The molecule has 0 spiro atoms. The van der Waals surface area contributed by atoms with Gasteiger partial charge < -0.3 is 10.2 Å². The van der Waals surface area contributed by atoms with Crippen LogP contribution in [0.4, 0.5) is 0 Å². The molecular formula is C17H27N3O2S. The topological polar surface area (TPSA) is 61.8 Å². The van der Waals surface area contributed by atoms with Crippen LogP contribution in [0.25, 0.3) is 0 Å². The number of rotatable bonds is 5. The van der Waals surface area contributed by atoms with Gasteiger partial charge in [-0.2, -0.15) is 0 Å². The summed E-state index contributed by atoms with van der Waals surface area (Å²) < 4.78 is 23.8. The molecule has 128 valence electrons. The molecule has 1 saturated carbocycles. The van der Waals surface area contributed by atoms with Crippen LogP contribution in [0, 0.1) is 0 Å². The van der Waals surface area contributed by atoms with Gasteiger partial charge in [0.2, 0.25) is 0 Å². The molecular weight excluding hydrogens is 310 g/mol. The second-order valence-electron chi connectivity index (χ2n) is 6.54. The average molecular weight is 337 g/mol. The number of aliphatic imine (C=N–C) groups is 1. The van der Waals surface area contributed by atoms with Gasteiger partial charge in [-0.05, 0) is 18.4 Å². The van der Waals surface area contributed by atoms with E-state index in [2.05, 4.69) is 10.3 Å². The van der Waals surface area contributed by atoms with E-state index in [9.17, 15) is 8.42 Å². The fourth-order valence-electron chi connectivity index (χ4n) is 3.04. The molecule has 0 aliphatic heterocycles. The Balaban J connectivity index is 2.07. The fourth-order valence-corrected chi connectivity index (χ4v) is 4.41. The van der Waals surface area contributed by atoms with Crippen LogP contribution in [0.15, 0.2) is 35.3 Å². The maximum atomic E-state index is 12.2. The number of hydrogen-bond donors (Lipinski definition) is 1. The monoisotopic (exact) mass is 337 g/mol. The molecule has 0 saturated heterocycles. The Hall–Kier alpha value is -1.56. The van der Waals surface area contributed by atoms with E-state index in [1.807, 2.05) is 49.3 Å². The zero-order valence-corrected chi connectivity index (χ0v) is 15.1. The molecule has 0 atom stereocenters. The number of nitrogens with zero attached hydrogens (tertiary/aromatic N) is 2. The highest BCUT2D eigenvalue weighted by Crippen LogP contribution is 2.35. The summed E-state index contributed by atoms with van der Waals surface area (Å²) in [6.45, 7) is 1.00. The molecule has 1 aromatic rings. The molecule has 1 aliphatic carbocycles. The first kappa shape index (κ1) is 17.8. The Labute approximate surface area is 139 Å². The third kappa shape index (κ3) is 4.47. The molecule has 0 heterocycles. The normalized spacial score (nSPS) is 18.0. The average Bonchev–Trinajstić information content (AvgIpc) is 2.98. The summed E-state index contributed by atoms with van der Waals surface area (Å²) >= 11 is 0. The second-order valence-corrected chi connectivity index (χ2v) is 8.95. The minimum Gasteiger partial charge on any atom is -0.355 e.